The maximum Gasteiger partial charge on any atom is 0.416 e. The SMILES string of the molecule is CC(N(C)c1ccc(CCl)c(C(F)(F)F)c1)C(C)(C)C. The quantitative estimate of drug-likeness (QED) is 0.684. The lowest BCUT2D eigenvalue weighted by Gasteiger charge is -2.37. The van der Waals surface area contributed by atoms with E-state index < -0.39 is 11.7 Å². The van der Waals surface area contributed by atoms with Gasteiger partial charge in [0.1, 0.15) is 0 Å². The first kappa shape index (κ1) is 17.2. The minimum absolute atomic E-state index is 0.0295. The molecule has 0 saturated heterocycles. The third-order valence-corrected chi connectivity index (χ3v) is 4.07. The lowest BCUT2D eigenvalue weighted by atomic mass is 9.87. The molecule has 1 aromatic carbocycles. The Morgan fingerprint density at radius 3 is 2.15 bits per heavy atom. The van der Waals surface area contributed by atoms with Crippen LogP contribution in [-0.4, -0.2) is 13.1 Å². The number of nitrogens with zero attached hydrogens (tertiary/aromatic N) is 1. The van der Waals surface area contributed by atoms with E-state index in [9.17, 15) is 13.2 Å². The summed E-state index contributed by atoms with van der Waals surface area (Å²) >= 11 is 5.59. The van der Waals surface area contributed by atoms with Crippen LogP contribution in [0.2, 0.25) is 0 Å². The standard InChI is InChI=1S/C15H21ClF3N/c1-10(14(2,3)4)20(5)12-7-6-11(9-16)13(8-12)15(17,18)19/h6-8,10H,9H2,1-5H3. The Morgan fingerprint density at radius 1 is 1.20 bits per heavy atom. The zero-order valence-electron chi connectivity index (χ0n) is 12.5. The van der Waals surface area contributed by atoms with Crippen LogP contribution in [0, 0.1) is 5.41 Å². The van der Waals surface area contributed by atoms with Gasteiger partial charge in [0.25, 0.3) is 0 Å². The second-order valence-corrected chi connectivity index (χ2v) is 6.39. The molecular weight excluding hydrogens is 287 g/mol. The van der Waals surface area contributed by atoms with E-state index in [2.05, 4.69) is 20.8 Å². The van der Waals surface area contributed by atoms with Crippen LogP contribution in [0.15, 0.2) is 18.2 Å². The summed E-state index contributed by atoms with van der Waals surface area (Å²) in [5, 5.41) is 0. The van der Waals surface area contributed by atoms with Crippen molar-refractivity contribution in [3.8, 4) is 0 Å². The fraction of sp³-hybridized carbons (Fsp3) is 0.600. The van der Waals surface area contributed by atoms with Gasteiger partial charge in [-0.3, -0.25) is 0 Å². The first-order valence-electron chi connectivity index (χ1n) is 6.47. The van der Waals surface area contributed by atoms with Crippen molar-refractivity contribution in [1.29, 1.82) is 0 Å². The van der Waals surface area contributed by atoms with Gasteiger partial charge in [-0.05, 0) is 30.0 Å². The van der Waals surface area contributed by atoms with Crippen LogP contribution in [0.5, 0.6) is 0 Å². The molecule has 0 N–H and O–H groups in total. The molecule has 1 atom stereocenters. The average Bonchev–Trinajstić information content (AvgIpc) is 2.34. The van der Waals surface area contributed by atoms with Gasteiger partial charge in [-0.25, -0.2) is 0 Å². The molecule has 0 bridgehead atoms. The molecule has 1 aromatic rings. The third-order valence-electron chi connectivity index (χ3n) is 3.78. The van der Waals surface area contributed by atoms with Gasteiger partial charge in [0, 0.05) is 24.7 Å². The highest BCUT2D eigenvalue weighted by Crippen LogP contribution is 2.36. The summed E-state index contributed by atoms with van der Waals surface area (Å²) in [5.41, 5.74) is -0.0236. The van der Waals surface area contributed by atoms with E-state index in [1.807, 2.05) is 18.9 Å². The number of anilines is 1. The van der Waals surface area contributed by atoms with Crippen molar-refractivity contribution in [3.63, 3.8) is 0 Å². The smallest absolute Gasteiger partial charge is 0.371 e. The minimum Gasteiger partial charge on any atom is -0.371 e. The topological polar surface area (TPSA) is 3.24 Å². The number of hydrogen-bond acceptors (Lipinski definition) is 1. The Labute approximate surface area is 123 Å². The molecule has 0 saturated carbocycles. The van der Waals surface area contributed by atoms with Crippen LogP contribution in [0.4, 0.5) is 18.9 Å². The van der Waals surface area contributed by atoms with Crippen LogP contribution in [0.25, 0.3) is 0 Å². The number of hydrogen-bond donors (Lipinski definition) is 0. The second kappa shape index (κ2) is 5.84. The lowest BCUT2D eigenvalue weighted by Crippen LogP contribution is -2.39. The molecule has 1 rings (SSSR count). The Bertz CT molecular complexity index is 463. The Hall–Kier alpha value is -0.900. The fourth-order valence-electron chi connectivity index (χ4n) is 1.97. The van der Waals surface area contributed by atoms with E-state index in [1.165, 1.54) is 12.1 Å². The summed E-state index contributed by atoms with van der Waals surface area (Å²) in [4.78, 5) is 1.87. The molecule has 114 valence electrons. The molecule has 0 aliphatic rings. The number of rotatable bonds is 3. The molecule has 1 unspecified atom stereocenters. The predicted octanol–water partition coefficient (Wildman–Crippen LogP) is 5.32. The average molecular weight is 308 g/mol. The van der Waals surface area contributed by atoms with Gasteiger partial charge in [-0.1, -0.05) is 26.8 Å². The van der Waals surface area contributed by atoms with Crippen molar-refractivity contribution < 1.29 is 13.2 Å². The van der Waals surface area contributed by atoms with Gasteiger partial charge in [0.2, 0.25) is 0 Å². The Morgan fingerprint density at radius 2 is 1.75 bits per heavy atom. The molecule has 0 heterocycles. The Kier molecular flexibility index (Phi) is 5.01. The first-order chi connectivity index (χ1) is 8.98. The molecule has 1 nitrogen and oxygen atoms in total. The van der Waals surface area contributed by atoms with Crippen LogP contribution in [0.1, 0.15) is 38.8 Å². The van der Waals surface area contributed by atoms with Crippen LogP contribution >= 0.6 is 11.6 Å². The van der Waals surface area contributed by atoms with Crippen molar-refractivity contribution in [2.75, 3.05) is 11.9 Å². The van der Waals surface area contributed by atoms with E-state index >= 15 is 0 Å². The van der Waals surface area contributed by atoms with E-state index in [4.69, 9.17) is 11.6 Å². The predicted molar refractivity (Wildman–Crippen MR) is 78.3 cm³/mol. The highest BCUT2D eigenvalue weighted by molar-refractivity contribution is 6.17. The van der Waals surface area contributed by atoms with Crippen molar-refractivity contribution in [1.82, 2.24) is 0 Å². The third kappa shape index (κ3) is 3.81. The van der Waals surface area contributed by atoms with Crippen LogP contribution in [-0.2, 0) is 12.1 Å². The molecule has 0 fully saturated rings. The Balaban J connectivity index is 3.22. The van der Waals surface area contributed by atoms with Crippen molar-refractivity contribution in [3.05, 3.63) is 29.3 Å². The van der Waals surface area contributed by atoms with Crippen molar-refractivity contribution >= 4 is 17.3 Å². The van der Waals surface area contributed by atoms with Crippen molar-refractivity contribution in [2.45, 2.75) is 45.8 Å². The number of benzene rings is 1. The van der Waals surface area contributed by atoms with Gasteiger partial charge < -0.3 is 4.90 Å². The molecule has 0 amide bonds. The van der Waals surface area contributed by atoms with E-state index in [-0.39, 0.29) is 22.9 Å². The summed E-state index contributed by atoms with van der Waals surface area (Å²) in [6.07, 6.45) is -4.38. The van der Waals surface area contributed by atoms with Gasteiger partial charge in [-0.15, -0.1) is 11.6 Å². The monoisotopic (exact) mass is 307 g/mol. The fourth-order valence-corrected chi connectivity index (χ4v) is 2.20. The lowest BCUT2D eigenvalue weighted by molar-refractivity contribution is -0.138. The maximum absolute atomic E-state index is 13.0. The first-order valence-corrected chi connectivity index (χ1v) is 7.01. The molecule has 5 heteroatoms. The molecule has 0 aliphatic heterocycles. The van der Waals surface area contributed by atoms with Gasteiger partial charge in [-0.2, -0.15) is 13.2 Å². The summed E-state index contributed by atoms with van der Waals surface area (Å²) in [5.74, 6) is -0.145. The van der Waals surface area contributed by atoms with E-state index in [0.717, 1.165) is 0 Å². The molecule has 0 spiro atoms. The molecular formula is C15H21ClF3N. The second-order valence-electron chi connectivity index (χ2n) is 6.13. The van der Waals surface area contributed by atoms with Gasteiger partial charge in [0.15, 0.2) is 0 Å². The van der Waals surface area contributed by atoms with Gasteiger partial charge in [0.05, 0.1) is 5.56 Å². The number of alkyl halides is 4. The zero-order chi connectivity index (χ0) is 15.7. The normalized spacial score (nSPS) is 14.2. The van der Waals surface area contributed by atoms with Gasteiger partial charge >= 0.3 is 6.18 Å². The summed E-state index contributed by atoms with van der Waals surface area (Å²) < 4.78 is 39.1. The zero-order valence-corrected chi connectivity index (χ0v) is 13.2. The highest BCUT2D eigenvalue weighted by Gasteiger charge is 2.34. The van der Waals surface area contributed by atoms with Crippen LogP contribution < -0.4 is 4.90 Å². The van der Waals surface area contributed by atoms with E-state index in [0.29, 0.717) is 5.69 Å². The van der Waals surface area contributed by atoms with Crippen molar-refractivity contribution in [2.24, 2.45) is 5.41 Å². The summed E-state index contributed by atoms with van der Waals surface area (Å²) in [6, 6.07) is 4.43. The molecule has 0 aromatic heterocycles. The minimum atomic E-state index is -4.38. The molecule has 20 heavy (non-hydrogen) atoms. The largest absolute Gasteiger partial charge is 0.416 e. The summed E-state index contributed by atoms with van der Waals surface area (Å²) in [6.45, 7) is 8.19. The summed E-state index contributed by atoms with van der Waals surface area (Å²) in [7, 11) is 1.81. The van der Waals surface area contributed by atoms with E-state index in [1.54, 1.807) is 6.07 Å². The molecule has 0 radical (unpaired) electrons. The number of halogens is 4. The highest BCUT2D eigenvalue weighted by atomic mass is 35.5. The van der Waals surface area contributed by atoms with Crippen LogP contribution in [0.3, 0.4) is 0 Å². The maximum atomic E-state index is 13.0. The molecule has 0 aliphatic carbocycles.